The summed E-state index contributed by atoms with van der Waals surface area (Å²) in [6.07, 6.45) is 5.63. The lowest BCUT2D eigenvalue weighted by molar-refractivity contribution is 0.748. The zero-order valence-electron chi connectivity index (χ0n) is 10.4. The largest absolute Gasteiger partial charge is 0.0671 e. The Morgan fingerprint density at radius 3 is 2.61 bits per heavy atom. The molecule has 0 radical (unpaired) electrons. The van der Waals surface area contributed by atoms with Gasteiger partial charge < -0.3 is 0 Å². The van der Waals surface area contributed by atoms with E-state index in [1.807, 2.05) is 0 Å². The number of hydrogen-bond acceptors (Lipinski definition) is 0. The lowest BCUT2D eigenvalue weighted by Crippen LogP contribution is -1.98. The predicted octanol–water partition coefficient (Wildman–Crippen LogP) is 5.54. The van der Waals surface area contributed by atoms with Gasteiger partial charge in [-0.3, -0.25) is 0 Å². The van der Waals surface area contributed by atoms with Crippen LogP contribution in [-0.2, 0) is 0 Å². The summed E-state index contributed by atoms with van der Waals surface area (Å²) in [5.41, 5.74) is 2.76. The Kier molecular flexibility index (Phi) is 3.09. The maximum absolute atomic E-state index is 3.60. The Bertz CT molecular complexity index is 649. The SMILES string of the molecule is CC1C=C(Br)C=C(c2ccc3ccccc3c2)C1. The average molecular weight is 299 g/mol. The van der Waals surface area contributed by atoms with Crippen LogP contribution in [0, 0.1) is 5.92 Å². The predicted molar refractivity (Wildman–Crippen MR) is 82.7 cm³/mol. The van der Waals surface area contributed by atoms with Crippen molar-refractivity contribution in [3.05, 3.63) is 64.7 Å². The Morgan fingerprint density at radius 2 is 1.83 bits per heavy atom. The van der Waals surface area contributed by atoms with E-state index < -0.39 is 0 Å². The van der Waals surface area contributed by atoms with Crippen LogP contribution in [0.3, 0.4) is 0 Å². The number of hydrogen-bond donors (Lipinski definition) is 0. The van der Waals surface area contributed by atoms with Crippen molar-refractivity contribution in [2.24, 2.45) is 5.92 Å². The molecule has 0 nitrogen and oxygen atoms in total. The Hall–Kier alpha value is -1.34. The van der Waals surface area contributed by atoms with Gasteiger partial charge in [-0.05, 0) is 46.4 Å². The van der Waals surface area contributed by atoms with Crippen LogP contribution in [0.4, 0.5) is 0 Å². The quantitative estimate of drug-likeness (QED) is 0.648. The van der Waals surface area contributed by atoms with Gasteiger partial charge >= 0.3 is 0 Å². The van der Waals surface area contributed by atoms with Crippen LogP contribution < -0.4 is 0 Å². The normalized spacial score (nSPS) is 19.6. The van der Waals surface area contributed by atoms with Crippen LogP contribution in [0.5, 0.6) is 0 Å². The number of benzene rings is 2. The molecular weight excluding hydrogens is 284 g/mol. The molecule has 1 unspecified atom stereocenters. The van der Waals surface area contributed by atoms with Crippen LogP contribution in [0.25, 0.3) is 16.3 Å². The van der Waals surface area contributed by atoms with Gasteiger partial charge in [0.25, 0.3) is 0 Å². The summed E-state index contributed by atoms with van der Waals surface area (Å²) in [6, 6.07) is 15.3. The van der Waals surface area contributed by atoms with Gasteiger partial charge in [-0.15, -0.1) is 0 Å². The molecule has 18 heavy (non-hydrogen) atoms. The van der Waals surface area contributed by atoms with Crippen LogP contribution in [0.2, 0.25) is 0 Å². The number of allylic oxidation sites excluding steroid dienone is 4. The summed E-state index contributed by atoms with van der Waals surface area (Å²) in [5.74, 6) is 0.603. The topological polar surface area (TPSA) is 0 Å². The molecule has 0 fully saturated rings. The van der Waals surface area contributed by atoms with Crippen molar-refractivity contribution in [2.75, 3.05) is 0 Å². The van der Waals surface area contributed by atoms with E-state index >= 15 is 0 Å². The van der Waals surface area contributed by atoms with Crippen molar-refractivity contribution in [3.8, 4) is 0 Å². The minimum absolute atomic E-state index is 0.603. The Morgan fingerprint density at radius 1 is 1.06 bits per heavy atom. The molecule has 0 aromatic heterocycles. The van der Waals surface area contributed by atoms with Crippen LogP contribution in [0.1, 0.15) is 18.9 Å². The minimum Gasteiger partial charge on any atom is -0.0671 e. The van der Waals surface area contributed by atoms with E-state index in [1.165, 1.54) is 26.4 Å². The lowest BCUT2D eigenvalue weighted by atomic mass is 9.90. The molecule has 0 heterocycles. The highest BCUT2D eigenvalue weighted by Gasteiger charge is 2.12. The van der Waals surface area contributed by atoms with Gasteiger partial charge in [-0.2, -0.15) is 0 Å². The first-order valence-corrected chi connectivity index (χ1v) is 7.09. The van der Waals surface area contributed by atoms with E-state index in [-0.39, 0.29) is 0 Å². The van der Waals surface area contributed by atoms with E-state index in [2.05, 4.69) is 77.5 Å². The molecule has 90 valence electrons. The fourth-order valence-electron chi connectivity index (χ4n) is 2.54. The van der Waals surface area contributed by atoms with E-state index in [4.69, 9.17) is 0 Å². The third kappa shape index (κ3) is 2.28. The molecule has 0 bridgehead atoms. The maximum atomic E-state index is 3.60. The first-order valence-electron chi connectivity index (χ1n) is 6.29. The van der Waals surface area contributed by atoms with Crippen molar-refractivity contribution in [1.82, 2.24) is 0 Å². The summed E-state index contributed by atoms with van der Waals surface area (Å²) >= 11 is 3.60. The molecule has 0 amide bonds. The average Bonchev–Trinajstić information content (AvgIpc) is 2.37. The summed E-state index contributed by atoms with van der Waals surface area (Å²) in [5, 5.41) is 2.62. The van der Waals surface area contributed by atoms with Crippen LogP contribution >= 0.6 is 15.9 Å². The van der Waals surface area contributed by atoms with Crippen molar-refractivity contribution < 1.29 is 0 Å². The van der Waals surface area contributed by atoms with Gasteiger partial charge in [0.1, 0.15) is 0 Å². The standard InChI is InChI=1S/C17H15Br/c1-12-8-16(11-17(18)9-12)15-7-6-13-4-2-3-5-14(13)10-15/h2-7,9-12H,8H2,1H3. The third-order valence-electron chi connectivity index (χ3n) is 3.42. The molecule has 2 aromatic rings. The molecule has 1 heteroatoms. The van der Waals surface area contributed by atoms with Crippen molar-refractivity contribution in [3.63, 3.8) is 0 Å². The van der Waals surface area contributed by atoms with E-state index in [1.54, 1.807) is 0 Å². The zero-order valence-corrected chi connectivity index (χ0v) is 11.9. The summed E-state index contributed by atoms with van der Waals surface area (Å²) in [6.45, 7) is 2.26. The fourth-order valence-corrected chi connectivity index (χ4v) is 3.27. The molecule has 1 atom stereocenters. The van der Waals surface area contributed by atoms with Gasteiger partial charge in [-0.25, -0.2) is 0 Å². The fraction of sp³-hybridized carbons (Fsp3) is 0.176. The number of rotatable bonds is 1. The molecule has 0 aliphatic heterocycles. The monoisotopic (exact) mass is 298 g/mol. The van der Waals surface area contributed by atoms with Gasteiger partial charge in [0.05, 0.1) is 0 Å². The minimum atomic E-state index is 0.603. The van der Waals surface area contributed by atoms with Gasteiger partial charge in [0, 0.05) is 4.48 Å². The number of halogens is 1. The van der Waals surface area contributed by atoms with Gasteiger partial charge in [-0.1, -0.05) is 65.3 Å². The summed E-state index contributed by atoms with van der Waals surface area (Å²) < 4.78 is 1.20. The second-order valence-electron chi connectivity index (χ2n) is 4.96. The van der Waals surface area contributed by atoms with Crippen LogP contribution in [-0.4, -0.2) is 0 Å². The molecule has 3 rings (SSSR count). The maximum Gasteiger partial charge on any atom is 0.0141 e. The Balaban J connectivity index is 2.07. The van der Waals surface area contributed by atoms with Gasteiger partial charge in [0.15, 0.2) is 0 Å². The summed E-state index contributed by atoms with van der Waals surface area (Å²) in [4.78, 5) is 0. The first kappa shape index (κ1) is 11.7. The smallest absolute Gasteiger partial charge is 0.0141 e. The molecule has 0 saturated carbocycles. The van der Waals surface area contributed by atoms with E-state index in [0.717, 1.165) is 6.42 Å². The molecule has 1 aliphatic rings. The highest BCUT2D eigenvalue weighted by molar-refractivity contribution is 9.11. The highest BCUT2D eigenvalue weighted by atomic mass is 79.9. The molecule has 2 aromatic carbocycles. The highest BCUT2D eigenvalue weighted by Crippen LogP contribution is 2.33. The van der Waals surface area contributed by atoms with E-state index in [9.17, 15) is 0 Å². The first-order chi connectivity index (χ1) is 8.72. The lowest BCUT2D eigenvalue weighted by Gasteiger charge is -2.17. The van der Waals surface area contributed by atoms with Crippen molar-refractivity contribution in [1.29, 1.82) is 0 Å². The van der Waals surface area contributed by atoms with Crippen molar-refractivity contribution >= 4 is 32.3 Å². The molecular formula is C17H15Br. The molecule has 0 N–H and O–H groups in total. The van der Waals surface area contributed by atoms with Gasteiger partial charge in [0.2, 0.25) is 0 Å². The molecule has 1 aliphatic carbocycles. The second kappa shape index (κ2) is 4.74. The van der Waals surface area contributed by atoms with E-state index in [0.29, 0.717) is 5.92 Å². The number of fused-ring (bicyclic) bond motifs is 1. The molecule has 0 saturated heterocycles. The molecule has 0 spiro atoms. The third-order valence-corrected chi connectivity index (χ3v) is 3.91. The zero-order chi connectivity index (χ0) is 12.5. The van der Waals surface area contributed by atoms with Crippen LogP contribution in [0.15, 0.2) is 59.1 Å². The Labute approximate surface area is 116 Å². The van der Waals surface area contributed by atoms with Crippen molar-refractivity contribution in [2.45, 2.75) is 13.3 Å². The second-order valence-corrected chi connectivity index (χ2v) is 5.88. The summed E-state index contributed by atoms with van der Waals surface area (Å²) in [7, 11) is 0.